The minimum Gasteiger partial charge on any atom is -0.497 e. The first-order chi connectivity index (χ1) is 17.7. The van der Waals surface area contributed by atoms with Gasteiger partial charge in [0.25, 0.3) is 5.91 Å². The molecular weight excluding hydrogens is 506 g/mol. The fourth-order valence-corrected chi connectivity index (χ4v) is 5.50. The standard InChI is InChI=1S/C28H29N3O4S2/c1-28(2,3)18-8-6-17(7-9-18)26(33)29-19-10-12-21-24(14-19)37-27(31-21)36-16-25(32)30-22-15-20(34-4)11-13-23(22)35-5/h6-15H,16H2,1-5H3,(H,29,33)(H,30,32). The number of rotatable bonds is 8. The van der Waals surface area contributed by atoms with Crippen molar-refractivity contribution < 1.29 is 19.1 Å². The van der Waals surface area contributed by atoms with Gasteiger partial charge < -0.3 is 20.1 Å². The summed E-state index contributed by atoms with van der Waals surface area (Å²) in [6.45, 7) is 6.43. The average molecular weight is 536 g/mol. The summed E-state index contributed by atoms with van der Waals surface area (Å²) in [5, 5.41) is 5.83. The largest absolute Gasteiger partial charge is 0.497 e. The number of carbonyl (C=O) groups is 2. The summed E-state index contributed by atoms with van der Waals surface area (Å²) in [6, 6.07) is 18.5. The maximum atomic E-state index is 12.7. The number of anilines is 2. The molecule has 2 N–H and O–H groups in total. The predicted molar refractivity (Wildman–Crippen MR) is 152 cm³/mol. The van der Waals surface area contributed by atoms with Crippen molar-refractivity contribution in [3.8, 4) is 11.5 Å². The molecule has 0 aliphatic heterocycles. The molecule has 192 valence electrons. The number of ether oxygens (including phenoxy) is 2. The number of aromatic nitrogens is 1. The van der Waals surface area contributed by atoms with Crippen molar-refractivity contribution in [2.24, 2.45) is 0 Å². The van der Waals surface area contributed by atoms with E-state index < -0.39 is 0 Å². The van der Waals surface area contributed by atoms with Crippen molar-refractivity contribution in [2.45, 2.75) is 30.5 Å². The van der Waals surface area contributed by atoms with Gasteiger partial charge in [-0.2, -0.15) is 0 Å². The number of thioether (sulfide) groups is 1. The van der Waals surface area contributed by atoms with Gasteiger partial charge in [-0.05, 0) is 53.4 Å². The van der Waals surface area contributed by atoms with E-state index in [0.29, 0.717) is 28.4 Å². The lowest BCUT2D eigenvalue weighted by molar-refractivity contribution is -0.113. The molecule has 0 aliphatic carbocycles. The van der Waals surface area contributed by atoms with Crippen molar-refractivity contribution in [1.29, 1.82) is 0 Å². The van der Waals surface area contributed by atoms with E-state index in [2.05, 4.69) is 36.4 Å². The van der Waals surface area contributed by atoms with Crippen LogP contribution in [0.25, 0.3) is 10.2 Å². The zero-order valence-corrected chi connectivity index (χ0v) is 23.0. The molecule has 0 bridgehead atoms. The third kappa shape index (κ3) is 6.61. The molecule has 3 aromatic carbocycles. The fourth-order valence-electron chi connectivity index (χ4n) is 3.59. The summed E-state index contributed by atoms with van der Waals surface area (Å²) in [5.41, 5.74) is 3.87. The van der Waals surface area contributed by atoms with Crippen LogP contribution < -0.4 is 20.1 Å². The van der Waals surface area contributed by atoms with E-state index >= 15 is 0 Å². The van der Waals surface area contributed by atoms with Gasteiger partial charge in [0.05, 0.1) is 35.9 Å². The van der Waals surface area contributed by atoms with E-state index in [1.165, 1.54) is 28.7 Å². The number of amides is 2. The molecule has 0 unspecified atom stereocenters. The maximum Gasteiger partial charge on any atom is 0.255 e. The molecule has 0 spiro atoms. The molecule has 7 nitrogen and oxygen atoms in total. The fraction of sp³-hybridized carbons (Fsp3) is 0.250. The third-order valence-electron chi connectivity index (χ3n) is 5.65. The first-order valence-corrected chi connectivity index (χ1v) is 13.4. The lowest BCUT2D eigenvalue weighted by Crippen LogP contribution is -2.14. The molecule has 1 heterocycles. The Kier molecular flexibility index (Phi) is 8.04. The quantitative estimate of drug-likeness (QED) is 0.247. The van der Waals surface area contributed by atoms with Crippen LogP contribution in [0.1, 0.15) is 36.7 Å². The van der Waals surface area contributed by atoms with Gasteiger partial charge in [-0.3, -0.25) is 9.59 Å². The number of thiazole rings is 1. The topological polar surface area (TPSA) is 89.6 Å². The van der Waals surface area contributed by atoms with E-state index in [-0.39, 0.29) is 23.0 Å². The van der Waals surface area contributed by atoms with Crippen molar-refractivity contribution >= 4 is 56.5 Å². The number of benzene rings is 3. The van der Waals surface area contributed by atoms with Crippen LogP contribution in [0.15, 0.2) is 65.0 Å². The van der Waals surface area contributed by atoms with Crippen molar-refractivity contribution in [3.05, 3.63) is 71.8 Å². The van der Waals surface area contributed by atoms with Crippen LogP contribution in [0.3, 0.4) is 0 Å². The summed E-state index contributed by atoms with van der Waals surface area (Å²) in [5.74, 6) is 1.03. The van der Waals surface area contributed by atoms with Crippen LogP contribution in [0, 0.1) is 0 Å². The van der Waals surface area contributed by atoms with Crippen molar-refractivity contribution in [1.82, 2.24) is 4.98 Å². The maximum absolute atomic E-state index is 12.7. The second-order valence-electron chi connectivity index (χ2n) is 9.35. The number of carbonyl (C=O) groups excluding carboxylic acids is 2. The highest BCUT2D eigenvalue weighted by molar-refractivity contribution is 8.01. The summed E-state index contributed by atoms with van der Waals surface area (Å²) >= 11 is 2.83. The number of hydrogen-bond donors (Lipinski definition) is 2. The molecular formula is C28H29N3O4S2. The van der Waals surface area contributed by atoms with Crippen LogP contribution in [-0.4, -0.2) is 36.8 Å². The summed E-state index contributed by atoms with van der Waals surface area (Å²) in [7, 11) is 3.12. The Hall–Kier alpha value is -3.56. The Morgan fingerprint density at radius 2 is 1.70 bits per heavy atom. The van der Waals surface area contributed by atoms with Crippen molar-refractivity contribution in [2.75, 3.05) is 30.6 Å². The zero-order chi connectivity index (χ0) is 26.6. The van der Waals surface area contributed by atoms with E-state index in [0.717, 1.165) is 14.6 Å². The van der Waals surface area contributed by atoms with Gasteiger partial charge >= 0.3 is 0 Å². The van der Waals surface area contributed by atoms with Crippen LogP contribution in [0.4, 0.5) is 11.4 Å². The Morgan fingerprint density at radius 3 is 2.38 bits per heavy atom. The van der Waals surface area contributed by atoms with Crippen LogP contribution >= 0.6 is 23.1 Å². The first-order valence-electron chi connectivity index (χ1n) is 11.6. The smallest absolute Gasteiger partial charge is 0.255 e. The summed E-state index contributed by atoms with van der Waals surface area (Å²) < 4.78 is 12.2. The average Bonchev–Trinajstić information content (AvgIpc) is 3.29. The highest BCUT2D eigenvalue weighted by Gasteiger charge is 2.15. The van der Waals surface area contributed by atoms with Gasteiger partial charge in [-0.25, -0.2) is 4.98 Å². The Balaban J connectivity index is 1.38. The molecule has 0 aliphatic rings. The number of nitrogens with one attached hydrogen (secondary N) is 2. The molecule has 9 heteroatoms. The third-order valence-corrected chi connectivity index (χ3v) is 7.81. The monoisotopic (exact) mass is 535 g/mol. The molecule has 4 aromatic rings. The van der Waals surface area contributed by atoms with E-state index in [4.69, 9.17) is 9.47 Å². The van der Waals surface area contributed by atoms with Crippen LogP contribution in [0.5, 0.6) is 11.5 Å². The minimum absolute atomic E-state index is 0.0323. The van der Waals surface area contributed by atoms with Gasteiger partial charge in [-0.1, -0.05) is 44.7 Å². The number of methoxy groups -OCH3 is 2. The Bertz CT molecular complexity index is 1430. The number of nitrogens with zero attached hydrogens (tertiary/aromatic N) is 1. The molecule has 0 saturated carbocycles. The van der Waals surface area contributed by atoms with E-state index in [1.54, 1.807) is 32.4 Å². The first kappa shape index (κ1) is 26.5. The second-order valence-corrected chi connectivity index (χ2v) is 11.6. The predicted octanol–water partition coefficient (Wildman–Crippen LogP) is 6.59. The molecule has 37 heavy (non-hydrogen) atoms. The van der Waals surface area contributed by atoms with Crippen LogP contribution in [-0.2, 0) is 10.2 Å². The van der Waals surface area contributed by atoms with Crippen molar-refractivity contribution in [3.63, 3.8) is 0 Å². The Morgan fingerprint density at radius 1 is 0.946 bits per heavy atom. The highest BCUT2D eigenvalue weighted by atomic mass is 32.2. The number of hydrogen-bond acceptors (Lipinski definition) is 7. The van der Waals surface area contributed by atoms with Gasteiger partial charge in [0.1, 0.15) is 11.5 Å². The summed E-state index contributed by atoms with van der Waals surface area (Å²) in [4.78, 5) is 29.9. The molecule has 0 radical (unpaired) electrons. The molecule has 0 fully saturated rings. The molecule has 4 rings (SSSR count). The van der Waals surface area contributed by atoms with E-state index in [9.17, 15) is 9.59 Å². The van der Waals surface area contributed by atoms with Crippen LogP contribution in [0.2, 0.25) is 0 Å². The molecule has 0 atom stereocenters. The second kappa shape index (κ2) is 11.2. The highest BCUT2D eigenvalue weighted by Crippen LogP contribution is 2.33. The normalized spacial score (nSPS) is 11.3. The van der Waals surface area contributed by atoms with Gasteiger partial charge in [0, 0.05) is 17.3 Å². The lowest BCUT2D eigenvalue weighted by Gasteiger charge is -2.19. The van der Waals surface area contributed by atoms with Gasteiger partial charge in [0.15, 0.2) is 4.34 Å². The number of fused-ring (bicyclic) bond motifs is 1. The molecule has 2 amide bonds. The zero-order valence-electron chi connectivity index (χ0n) is 21.4. The van der Waals surface area contributed by atoms with Gasteiger partial charge in [-0.15, -0.1) is 11.3 Å². The minimum atomic E-state index is -0.179. The molecule has 0 saturated heterocycles. The Labute approximate surface area is 224 Å². The summed E-state index contributed by atoms with van der Waals surface area (Å²) in [6.07, 6.45) is 0. The van der Waals surface area contributed by atoms with Gasteiger partial charge in [0.2, 0.25) is 5.91 Å². The van der Waals surface area contributed by atoms with E-state index in [1.807, 2.05) is 42.5 Å². The SMILES string of the molecule is COc1ccc(OC)c(NC(=O)CSc2nc3ccc(NC(=O)c4ccc(C(C)(C)C)cc4)cc3s2)c1. The molecule has 1 aromatic heterocycles. The lowest BCUT2D eigenvalue weighted by atomic mass is 9.87.